The molecule has 0 N–H and O–H groups in total. The van der Waals surface area contributed by atoms with E-state index in [0.717, 1.165) is 27.9 Å². The minimum Gasteiger partial charge on any atom is -0.330 e. The van der Waals surface area contributed by atoms with E-state index in [1.165, 1.54) is 9.47 Å². The predicted octanol–water partition coefficient (Wildman–Crippen LogP) is 4.50. The van der Waals surface area contributed by atoms with Gasteiger partial charge in [-0.3, -0.25) is 9.36 Å². The van der Waals surface area contributed by atoms with Crippen LogP contribution in [-0.2, 0) is 6.54 Å². The summed E-state index contributed by atoms with van der Waals surface area (Å²) in [5, 5.41) is 0.759. The fourth-order valence-electron chi connectivity index (χ4n) is 4.11. The van der Waals surface area contributed by atoms with E-state index in [9.17, 15) is 9.59 Å². The summed E-state index contributed by atoms with van der Waals surface area (Å²) in [5.41, 5.74) is 4.57. The highest BCUT2D eigenvalue weighted by atomic mass is 16.2. The lowest BCUT2D eigenvalue weighted by molar-refractivity contribution is 0.104. The lowest BCUT2D eigenvalue weighted by Crippen LogP contribution is -2.26. The third-order valence-electron chi connectivity index (χ3n) is 5.82. The normalized spacial score (nSPS) is 11.2. The topological polar surface area (TPSA) is 73.0 Å². The number of imidazole rings is 1. The molecule has 0 saturated heterocycles. The lowest BCUT2D eigenvalue weighted by atomic mass is 10.0. The molecule has 0 fully saturated rings. The van der Waals surface area contributed by atoms with Gasteiger partial charge in [-0.05, 0) is 30.7 Å². The van der Waals surface area contributed by atoms with E-state index in [4.69, 9.17) is 0 Å². The first-order chi connectivity index (χ1) is 15.9. The number of hydrogen-bond donors (Lipinski definition) is 0. The minimum atomic E-state index is -0.196. The largest absolute Gasteiger partial charge is 0.330 e. The molecule has 3 heterocycles. The van der Waals surface area contributed by atoms with Crippen molar-refractivity contribution in [1.29, 1.82) is 0 Å². The quantitative estimate of drug-likeness (QED) is 0.388. The van der Waals surface area contributed by atoms with Crippen LogP contribution in [0.15, 0.2) is 73.1 Å². The van der Waals surface area contributed by atoms with Crippen molar-refractivity contribution in [3.63, 3.8) is 0 Å². The number of aromatic nitrogens is 4. The summed E-state index contributed by atoms with van der Waals surface area (Å²) in [7, 11) is 3.39. The molecule has 0 aliphatic carbocycles. The molecule has 0 aliphatic heterocycles. The molecule has 2 aromatic carbocycles. The standard InChI is InChI=1S/C26H23N5O2/c1-17-28-25-23(9-6-14-27-25)30(17)15-18-10-12-19(13-11-18)24(32)21-16-31(26(33)29(2)3)22-8-5-4-7-20(21)22/h4-14,16H,15H2,1-3H3. The van der Waals surface area contributed by atoms with Crippen molar-refractivity contribution in [2.45, 2.75) is 13.5 Å². The molecule has 5 rings (SSSR count). The van der Waals surface area contributed by atoms with Crippen LogP contribution in [0.3, 0.4) is 0 Å². The van der Waals surface area contributed by atoms with E-state index in [1.807, 2.05) is 67.6 Å². The zero-order valence-corrected chi connectivity index (χ0v) is 18.7. The molecular weight excluding hydrogens is 414 g/mol. The number of ketones is 1. The first-order valence-corrected chi connectivity index (χ1v) is 10.7. The van der Waals surface area contributed by atoms with Crippen LogP contribution < -0.4 is 0 Å². The van der Waals surface area contributed by atoms with Crippen molar-refractivity contribution in [3.05, 3.63) is 95.6 Å². The van der Waals surface area contributed by atoms with Gasteiger partial charge in [0.1, 0.15) is 5.82 Å². The molecule has 0 saturated carbocycles. The fraction of sp³-hybridized carbons (Fsp3) is 0.154. The second-order valence-electron chi connectivity index (χ2n) is 8.22. The van der Waals surface area contributed by atoms with Gasteiger partial charge in [-0.2, -0.15) is 0 Å². The number of aryl methyl sites for hydroxylation is 1. The highest BCUT2D eigenvalue weighted by molar-refractivity contribution is 6.17. The molecule has 1 amide bonds. The Morgan fingerprint density at radius 1 is 0.939 bits per heavy atom. The summed E-state index contributed by atoms with van der Waals surface area (Å²) >= 11 is 0. The van der Waals surface area contributed by atoms with Crippen LogP contribution in [0.25, 0.3) is 22.1 Å². The number of para-hydroxylation sites is 1. The summed E-state index contributed by atoms with van der Waals surface area (Å²) in [6, 6.07) is 18.8. The summed E-state index contributed by atoms with van der Waals surface area (Å²) < 4.78 is 3.64. The molecule has 0 atom stereocenters. The molecule has 5 aromatic rings. The van der Waals surface area contributed by atoms with E-state index in [2.05, 4.69) is 14.5 Å². The maximum Gasteiger partial charge on any atom is 0.328 e. The highest BCUT2D eigenvalue weighted by Gasteiger charge is 2.20. The van der Waals surface area contributed by atoms with Gasteiger partial charge in [0.15, 0.2) is 11.4 Å². The van der Waals surface area contributed by atoms with Gasteiger partial charge in [0.25, 0.3) is 0 Å². The molecule has 0 bridgehead atoms. The number of carbonyl (C=O) groups is 2. The summed E-state index contributed by atoms with van der Waals surface area (Å²) in [5.74, 6) is 0.777. The van der Waals surface area contributed by atoms with Gasteiger partial charge >= 0.3 is 6.03 Å². The Hall–Kier alpha value is -4.26. The highest BCUT2D eigenvalue weighted by Crippen LogP contribution is 2.25. The third-order valence-corrected chi connectivity index (χ3v) is 5.82. The van der Waals surface area contributed by atoms with E-state index < -0.39 is 0 Å². The lowest BCUT2D eigenvalue weighted by Gasteiger charge is -2.11. The molecule has 164 valence electrons. The van der Waals surface area contributed by atoms with Gasteiger partial charge in [-0.15, -0.1) is 0 Å². The van der Waals surface area contributed by atoms with Crippen LogP contribution in [0.4, 0.5) is 4.79 Å². The average Bonchev–Trinajstić information content (AvgIpc) is 3.36. The summed E-state index contributed by atoms with van der Waals surface area (Å²) in [4.78, 5) is 36.3. The number of nitrogens with zero attached hydrogens (tertiary/aromatic N) is 5. The van der Waals surface area contributed by atoms with E-state index in [0.29, 0.717) is 23.2 Å². The van der Waals surface area contributed by atoms with E-state index in [1.54, 1.807) is 26.5 Å². The van der Waals surface area contributed by atoms with Crippen LogP contribution in [0.2, 0.25) is 0 Å². The van der Waals surface area contributed by atoms with Crippen molar-refractivity contribution < 1.29 is 9.59 Å². The van der Waals surface area contributed by atoms with Crippen LogP contribution >= 0.6 is 0 Å². The molecule has 33 heavy (non-hydrogen) atoms. The smallest absolute Gasteiger partial charge is 0.328 e. The Balaban J connectivity index is 1.46. The van der Waals surface area contributed by atoms with Crippen molar-refractivity contribution in [2.24, 2.45) is 0 Å². The molecule has 0 aliphatic rings. The Morgan fingerprint density at radius 2 is 1.67 bits per heavy atom. The number of amides is 1. The Kier molecular flexibility index (Phi) is 5.01. The maximum atomic E-state index is 13.4. The van der Waals surface area contributed by atoms with Gasteiger partial charge in [0, 0.05) is 49.5 Å². The minimum absolute atomic E-state index is 0.114. The number of rotatable bonds is 4. The second kappa shape index (κ2) is 8.02. The second-order valence-corrected chi connectivity index (χ2v) is 8.22. The Labute approximate surface area is 190 Å². The van der Waals surface area contributed by atoms with E-state index in [-0.39, 0.29) is 11.8 Å². The molecule has 0 radical (unpaired) electrons. The van der Waals surface area contributed by atoms with Crippen LogP contribution in [0.1, 0.15) is 27.3 Å². The summed E-state index contributed by atoms with van der Waals surface area (Å²) in [6.07, 6.45) is 3.37. The van der Waals surface area contributed by atoms with Crippen LogP contribution in [0.5, 0.6) is 0 Å². The maximum absolute atomic E-state index is 13.4. The molecule has 7 nitrogen and oxygen atoms in total. The predicted molar refractivity (Wildman–Crippen MR) is 128 cm³/mol. The van der Waals surface area contributed by atoms with Gasteiger partial charge in [0.05, 0.1) is 11.0 Å². The van der Waals surface area contributed by atoms with Gasteiger partial charge in [0.2, 0.25) is 0 Å². The molecule has 0 spiro atoms. The van der Waals surface area contributed by atoms with Crippen LogP contribution in [-0.4, -0.2) is 49.9 Å². The fourth-order valence-corrected chi connectivity index (χ4v) is 4.11. The summed E-state index contributed by atoms with van der Waals surface area (Å²) in [6.45, 7) is 2.60. The van der Waals surface area contributed by atoms with Crippen LogP contribution in [0, 0.1) is 6.92 Å². The molecule has 3 aromatic heterocycles. The van der Waals surface area contributed by atoms with Gasteiger partial charge in [-0.25, -0.2) is 14.8 Å². The zero-order chi connectivity index (χ0) is 23.1. The monoisotopic (exact) mass is 437 g/mol. The average molecular weight is 438 g/mol. The molecule has 0 unspecified atom stereocenters. The number of fused-ring (bicyclic) bond motifs is 2. The van der Waals surface area contributed by atoms with Gasteiger partial charge < -0.3 is 9.47 Å². The first kappa shape index (κ1) is 20.6. The van der Waals surface area contributed by atoms with Crippen molar-refractivity contribution in [3.8, 4) is 0 Å². The van der Waals surface area contributed by atoms with Crippen molar-refractivity contribution in [2.75, 3.05) is 14.1 Å². The third kappa shape index (κ3) is 3.57. The number of benzene rings is 2. The Morgan fingerprint density at radius 3 is 2.42 bits per heavy atom. The van der Waals surface area contributed by atoms with Gasteiger partial charge in [-0.1, -0.05) is 42.5 Å². The number of hydrogen-bond acceptors (Lipinski definition) is 4. The Bertz CT molecular complexity index is 1510. The van der Waals surface area contributed by atoms with Crippen molar-refractivity contribution in [1.82, 2.24) is 24.0 Å². The number of carbonyl (C=O) groups excluding carboxylic acids is 2. The van der Waals surface area contributed by atoms with Crippen molar-refractivity contribution >= 4 is 33.9 Å². The zero-order valence-electron chi connectivity index (χ0n) is 18.7. The number of pyridine rings is 1. The molecular formula is C26H23N5O2. The first-order valence-electron chi connectivity index (χ1n) is 10.7. The molecule has 7 heteroatoms. The SMILES string of the molecule is Cc1nc2ncccc2n1Cc1ccc(C(=O)c2cn(C(=O)N(C)C)c3ccccc23)cc1. The van der Waals surface area contributed by atoms with E-state index >= 15 is 0 Å².